The molecule has 0 spiro atoms. The fourth-order valence-corrected chi connectivity index (χ4v) is 3.19. The summed E-state index contributed by atoms with van der Waals surface area (Å²) in [7, 11) is 0. The predicted molar refractivity (Wildman–Crippen MR) is 98.6 cm³/mol. The molecule has 1 atom stereocenters. The molecule has 1 fully saturated rings. The Labute approximate surface area is 162 Å². The number of carbonyl (C=O) groups excluding carboxylic acids is 2. The Morgan fingerprint density at radius 1 is 1.30 bits per heavy atom. The number of anilines is 2. The number of hydrogen-bond donors (Lipinski definition) is 1. The molecular weight excluding hydrogens is 400 g/mol. The van der Waals surface area contributed by atoms with Gasteiger partial charge in [0, 0.05) is 24.7 Å². The Morgan fingerprint density at radius 3 is 2.74 bits per heavy atom. The number of nitrogens with one attached hydrogen (secondary N) is 1. The van der Waals surface area contributed by atoms with Gasteiger partial charge in [0.05, 0.1) is 26.6 Å². The number of halogens is 3. The van der Waals surface area contributed by atoms with Crippen LogP contribution >= 0.6 is 23.2 Å². The Kier molecular flexibility index (Phi) is 5.29. The summed E-state index contributed by atoms with van der Waals surface area (Å²) in [6, 6.07) is 7.88. The van der Waals surface area contributed by atoms with Crippen LogP contribution in [0.15, 0.2) is 36.4 Å². The van der Waals surface area contributed by atoms with E-state index in [1.54, 1.807) is 18.2 Å². The smallest absolute Gasteiger partial charge is 0.306 e. The molecule has 0 aliphatic carbocycles. The predicted octanol–water partition coefficient (Wildman–Crippen LogP) is 4.03. The number of nitrogens with zero attached hydrogens (tertiary/aromatic N) is 2. The average molecular weight is 412 g/mol. The molecule has 2 aromatic rings. The van der Waals surface area contributed by atoms with E-state index in [9.17, 15) is 24.1 Å². The third kappa shape index (κ3) is 3.86. The Balaban J connectivity index is 1.76. The number of rotatable bonds is 4. The minimum atomic E-state index is -1.00. The van der Waals surface area contributed by atoms with Crippen molar-refractivity contribution < 1.29 is 18.9 Å². The number of nitro groups is 1. The summed E-state index contributed by atoms with van der Waals surface area (Å²) in [5.74, 6) is -2.51. The molecule has 3 rings (SSSR count). The molecule has 7 nitrogen and oxygen atoms in total. The van der Waals surface area contributed by atoms with E-state index in [0.29, 0.717) is 5.69 Å². The fraction of sp³-hybridized carbons (Fsp3) is 0.176. The molecule has 0 aromatic heterocycles. The molecule has 2 aromatic carbocycles. The molecule has 1 N–H and O–H groups in total. The summed E-state index contributed by atoms with van der Waals surface area (Å²) < 4.78 is 13.4. The Bertz CT molecular complexity index is 954. The lowest BCUT2D eigenvalue weighted by molar-refractivity contribution is -0.387. The van der Waals surface area contributed by atoms with Gasteiger partial charge in [-0.05, 0) is 24.3 Å². The van der Waals surface area contributed by atoms with Crippen LogP contribution in [0.5, 0.6) is 0 Å². The van der Waals surface area contributed by atoms with Crippen molar-refractivity contribution in [3.63, 3.8) is 0 Å². The van der Waals surface area contributed by atoms with Gasteiger partial charge in [0.15, 0.2) is 0 Å². The maximum Gasteiger partial charge on any atom is 0.306 e. The van der Waals surface area contributed by atoms with Gasteiger partial charge in [-0.3, -0.25) is 19.7 Å². The number of nitro benzene ring substituents is 1. The van der Waals surface area contributed by atoms with Gasteiger partial charge in [0.2, 0.25) is 17.6 Å². The lowest BCUT2D eigenvalue weighted by atomic mass is 10.1. The van der Waals surface area contributed by atoms with E-state index in [0.717, 1.165) is 12.1 Å². The van der Waals surface area contributed by atoms with Crippen molar-refractivity contribution in [3.05, 3.63) is 62.4 Å². The summed E-state index contributed by atoms with van der Waals surface area (Å²) in [6.07, 6.45) is -0.0576. The fourth-order valence-electron chi connectivity index (χ4n) is 2.79. The summed E-state index contributed by atoms with van der Waals surface area (Å²) in [5.41, 5.74) is -0.274. The third-order valence-electron chi connectivity index (χ3n) is 4.13. The summed E-state index contributed by atoms with van der Waals surface area (Å²) in [5, 5.41) is 13.8. The van der Waals surface area contributed by atoms with Gasteiger partial charge < -0.3 is 10.2 Å². The van der Waals surface area contributed by atoms with Crippen molar-refractivity contribution in [2.75, 3.05) is 16.8 Å². The van der Waals surface area contributed by atoms with E-state index >= 15 is 0 Å². The number of amides is 2. The SMILES string of the molecule is O=C(Nc1ccc(F)c([N+](=O)[O-])c1)[C@H]1CC(=O)N(c2cccc(Cl)c2Cl)C1. The molecule has 10 heteroatoms. The Hall–Kier alpha value is -2.71. The average Bonchev–Trinajstić information content (AvgIpc) is 3.00. The monoisotopic (exact) mass is 411 g/mol. The molecule has 1 saturated heterocycles. The summed E-state index contributed by atoms with van der Waals surface area (Å²) in [4.78, 5) is 36.0. The van der Waals surface area contributed by atoms with Crippen LogP contribution in [0, 0.1) is 21.8 Å². The van der Waals surface area contributed by atoms with Crippen molar-refractivity contribution in [2.45, 2.75) is 6.42 Å². The first-order chi connectivity index (χ1) is 12.8. The van der Waals surface area contributed by atoms with E-state index in [4.69, 9.17) is 23.2 Å². The van der Waals surface area contributed by atoms with Gasteiger partial charge >= 0.3 is 5.69 Å². The first-order valence-electron chi connectivity index (χ1n) is 7.77. The minimum Gasteiger partial charge on any atom is -0.326 e. The van der Waals surface area contributed by atoms with Crippen molar-refractivity contribution in [3.8, 4) is 0 Å². The van der Waals surface area contributed by atoms with Crippen LogP contribution in [0.1, 0.15) is 6.42 Å². The molecule has 0 radical (unpaired) electrons. The number of benzene rings is 2. The minimum absolute atomic E-state index is 0.0576. The highest BCUT2D eigenvalue weighted by molar-refractivity contribution is 6.44. The second-order valence-corrected chi connectivity index (χ2v) is 6.68. The lowest BCUT2D eigenvalue weighted by Gasteiger charge is -2.18. The van der Waals surface area contributed by atoms with Crippen LogP contribution in [-0.4, -0.2) is 23.3 Å². The van der Waals surface area contributed by atoms with Crippen molar-refractivity contribution >= 4 is 52.1 Å². The molecule has 27 heavy (non-hydrogen) atoms. The zero-order valence-electron chi connectivity index (χ0n) is 13.6. The van der Waals surface area contributed by atoms with Crippen LogP contribution in [0.2, 0.25) is 10.0 Å². The van der Waals surface area contributed by atoms with Crippen LogP contribution in [-0.2, 0) is 9.59 Å². The van der Waals surface area contributed by atoms with E-state index in [-0.39, 0.29) is 34.6 Å². The first-order valence-corrected chi connectivity index (χ1v) is 8.52. The number of hydrogen-bond acceptors (Lipinski definition) is 4. The third-order valence-corrected chi connectivity index (χ3v) is 4.94. The molecule has 0 saturated carbocycles. The first kappa shape index (κ1) is 19.1. The van der Waals surface area contributed by atoms with Gasteiger partial charge in [-0.25, -0.2) is 0 Å². The molecule has 0 unspecified atom stereocenters. The molecule has 1 aliphatic heterocycles. The Morgan fingerprint density at radius 2 is 2.04 bits per heavy atom. The molecule has 1 aliphatic rings. The van der Waals surface area contributed by atoms with Crippen LogP contribution in [0.3, 0.4) is 0 Å². The second-order valence-electron chi connectivity index (χ2n) is 5.89. The van der Waals surface area contributed by atoms with Crippen molar-refractivity contribution in [1.82, 2.24) is 0 Å². The van der Waals surface area contributed by atoms with Gasteiger partial charge in [-0.15, -0.1) is 0 Å². The van der Waals surface area contributed by atoms with E-state index in [2.05, 4.69) is 5.32 Å². The number of carbonyl (C=O) groups is 2. The zero-order valence-corrected chi connectivity index (χ0v) is 15.1. The highest BCUT2D eigenvalue weighted by Gasteiger charge is 2.36. The van der Waals surface area contributed by atoms with Crippen LogP contribution in [0.4, 0.5) is 21.5 Å². The lowest BCUT2D eigenvalue weighted by Crippen LogP contribution is -2.28. The summed E-state index contributed by atoms with van der Waals surface area (Å²) >= 11 is 12.1. The molecule has 140 valence electrons. The quantitative estimate of drug-likeness (QED) is 0.606. The van der Waals surface area contributed by atoms with Crippen LogP contribution < -0.4 is 10.2 Å². The van der Waals surface area contributed by atoms with Gasteiger partial charge in [-0.2, -0.15) is 4.39 Å². The standard InChI is InChI=1S/C17H12Cl2FN3O4/c18-11-2-1-3-13(16(11)19)22-8-9(6-15(22)24)17(25)21-10-4-5-12(20)14(7-10)23(26)27/h1-5,7,9H,6,8H2,(H,21,25)/t9-/m0/s1. The zero-order chi connectivity index (χ0) is 19.7. The summed E-state index contributed by atoms with van der Waals surface area (Å²) in [6.45, 7) is 0.0774. The maximum absolute atomic E-state index is 13.4. The largest absolute Gasteiger partial charge is 0.326 e. The molecule has 2 amide bonds. The highest BCUT2D eigenvalue weighted by Crippen LogP contribution is 2.36. The van der Waals surface area contributed by atoms with Gasteiger partial charge in [0.1, 0.15) is 0 Å². The topological polar surface area (TPSA) is 92.5 Å². The second kappa shape index (κ2) is 7.50. The highest BCUT2D eigenvalue weighted by atomic mass is 35.5. The van der Waals surface area contributed by atoms with Crippen molar-refractivity contribution in [2.24, 2.45) is 5.92 Å². The normalized spacial score (nSPS) is 16.5. The van der Waals surface area contributed by atoms with E-state index in [1.807, 2.05) is 0 Å². The molecule has 0 bridgehead atoms. The van der Waals surface area contributed by atoms with Crippen LogP contribution in [0.25, 0.3) is 0 Å². The van der Waals surface area contributed by atoms with Gasteiger partial charge in [0.25, 0.3) is 0 Å². The molecular formula is C17H12Cl2FN3O4. The van der Waals surface area contributed by atoms with Gasteiger partial charge in [-0.1, -0.05) is 29.3 Å². The van der Waals surface area contributed by atoms with E-state index < -0.39 is 28.3 Å². The molecule has 1 heterocycles. The maximum atomic E-state index is 13.4. The van der Waals surface area contributed by atoms with Crippen molar-refractivity contribution in [1.29, 1.82) is 0 Å². The van der Waals surface area contributed by atoms with E-state index in [1.165, 1.54) is 11.0 Å².